The summed E-state index contributed by atoms with van der Waals surface area (Å²) in [6.45, 7) is 5.38. The maximum Gasteiger partial charge on any atom is 0.244 e. The lowest BCUT2D eigenvalue weighted by molar-refractivity contribution is 0.222. The smallest absolute Gasteiger partial charge is 0.244 e. The van der Waals surface area contributed by atoms with E-state index in [1.807, 2.05) is 13.2 Å². The summed E-state index contributed by atoms with van der Waals surface area (Å²) in [4.78, 5) is 12.3. The molecule has 1 fully saturated rings. The van der Waals surface area contributed by atoms with Crippen LogP contribution in [0, 0.1) is 0 Å². The van der Waals surface area contributed by atoms with Crippen molar-refractivity contribution in [2.75, 3.05) is 45.1 Å². The molecular formula is C17H25N5O2S2. The monoisotopic (exact) mass is 395 g/mol. The lowest BCUT2D eigenvalue weighted by Gasteiger charge is -2.31. The Labute approximate surface area is 159 Å². The zero-order valence-corrected chi connectivity index (χ0v) is 16.8. The molecule has 1 aliphatic heterocycles. The van der Waals surface area contributed by atoms with Gasteiger partial charge >= 0.3 is 0 Å². The average molecular weight is 396 g/mol. The standard InChI is InChI=1S/C17H25N5O2S2/c1-3-14-12-20-17(25-14)6-7-18-16-5-4-15(13-19-16)26(23,24)22-10-8-21(2)9-11-22/h4-5,12-13H,3,6-11H2,1-2H3,(H,18,19). The van der Waals surface area contributed by atoms with Crippen molar-refractivity contribution in [3.05, 3.63) is 34.4 Å². The summed E-state index contributed by atoms with van der Waals surface area (Å²) in [5, 5.41) is 4.33. The van der Waals surface area contributed by atoms with Gasteiger partial charge in [-0.3, -0.25) is 0 Å². The van der Waals surface area contributed by atoms with E-state index in [-0.39, 0.29) is 4.90 Å². The second-order valence-electron chi connectivity index (χ2n) is 6.34. The Balaban J connectivity index is 1.55. The number of pyridine rings is 1. The van der Waals surface area contributed by atoms with Crippen LogP contribution in [-0.2, 0) is 22.9 Å². The molecule has 0 unspecified atom stereocenters. The minimum Gasteiger partial charge on any atom is -0.370 e. The summed E-state index contributed by atoms with van der Waals surface area (Å²) in [6.07, 6.45) is 5.20. The summed E-state index contributed by atoms with van der Waals surface area (Å²) in [5.41, 5.74) is 0. The van der Waals surface area contributed by atoms with E-state index in [9.17, 15) is 8.42 Å². The Hall–Kier alpha value is -1.55. The number of rotatable bonds is 7. The molecule has 0 bridgehead atoms. The van der Waals surface area contributed by atoms with Gasteiger partial charge in [-0.05, 0) is 25.6 Å². The Morgan fingerprint density at radius 2 is 1.92 bits per heavy atom. The molecule has 0 saturated carbocycles. The minimum absolute atomic E-state index is 0.250. The van der Waals surface area contributed by atoms with Crippen molar-refractivity contribution < 1.29 is 8.42 Å². The van der Waals surface area contributed by atoms with Crippen LogP contribution >= 0.6 is 11.3 Å². The van der Waals surface area contributed by atoms with E-state index in [1.54, 1.807) is 23.5 Å². The van der Waals surface area contributed by atoms with E-state index in [0.717, 1.165) is 30.9 Å². The van der Waals surface area contributed by atoms with Gasteiger partial charge in [-0.15, -0.1) is 11.3 Å². The van der Waals surface area contributed by atoms with Crippen LogP contribution in [0.5, 0.6) is 0 Å². The highest BCUT2D eigenvalue weighted by atomic mass is 32.2. The second kappa shape index (κ2) is 8.43. The molecule has 0 aliphatic carbocycles. The first-order valence-electron chi connectivity index (χ1n) is 8.81. The fourth-order valence-corrected chi connectivity index (χ4v) is 4.97. The first-order chi connectivity index (χ1) is 12.5. The van der Waals surface area contributed by atoms with Gasteiger partial charge in [0.05, 0.1) is 5.01 Å². The van der Waals surface area contributed by atoms with Crippen molar-refractivity contribution in [1.29, 1.82) is 0 Å². The summed E-state index contributed by atoms with van der Waals surface area (Å²) in [7, 11) is -1.46. The highest BCUT2D eigenvalue weighted by molar-refractivity contribution is 7.89. The fourth-order valence-electron chi connectivity index (χ4n) is 2.74. The molecule has 0 spiro atoms. The second-order valence-corrected chi connectivity index (χ2v) is 9.47. The molecule has 2 aromatic rings. The maximum atomic E-state index is 12.7. The van der Waals surface area contributed by atoms with Crippen LogP contribution in [0.4, 0.5) is 5.82 Å². The van der Waals surface area contributed by atoms with Crippen molar-refractivity contribution in [3.8, 4) is 0 Å². The molecule has 0 amide bonds. The predicted octanol–water partition coefficient (Wildman–Crippen LogP) is 1.69. The number of aryl methyl sites for hydroxylation is 1. The zero-order valence-electron chi connectivity index (χ0n) is 15.2. The summed E-state index contributed by atoms with van der Waals surface area (Å²) in [6, 6.07) is 3.35. The van der Waals surface area contributed by atoms with Crippen LogP contribution in [0.25, 0.3) is 0 Å². The third-order valence-corrected chi connectivity index (χ3v) is 7.51. The largest absolute Gasteiger partial charge is 0.370 e. The van der Waals surface area contributed by atoms with Gasteiger partial charge in [0.15, 0.2) is 0 Å². The molecule has 1 saturated heterocycles. The molecule has 2 aromatic heterocycles. The molecule has 0 radical (unpaired) electrons. The predicted molar refractivity (Wildman–Crippen MR) is 104 cm³/mol. The van der Waals surface area contributed by atoms with E-state index >= 15 is 0 Å². The van der Waals surface area contributed by atoms with Crippen LogP contribution < -0.4 is 5.32 Å². The minimum atomic E-state index is -3.46. The van der Waals surface area contributed by atoms with Crippen molar-refractivity contribution in [2.45, 2.75) is 24.7 Å². The van der Waals surface area contributed by atoms with Crippen LogP contribution in [0.1, 0.15) is 16.8 Å². The molecule has 142 valence electrons. The maximum absolute atomic E-state index is 12.7. The Kier molecular flexibility index (Phi) is 6.23. The molecule has 3 rings (SSSR count). The molecule has 3 heterocycles. The van der Waals surface area contributed by atoms with Crippen molar-refractivity contribution >= 4 is 27.2 Å². The van der Waals surface area contributed by atoms with Crippen molar-refractivity contribution in [1.82, 2.24) is 19.2 Å². The van der Waals surface area contributed by atoms with E-state index < -0.39 is 10.0 Å². The normalized spacial score (nSPS) is 16.7. The van der Waals surface area contributed by atoms with Gasteiger partial charge in [-0.1, -0.05) is 6.92 Å². The van der Waals surface area contributed by atoms with E-state index in [1.165, 1.54) is 15.4 Å². The summed E-state index contributed by atoms with van der Waals surface area (Å²) in [5.74, 6) is 0.676. The Morgan fingerprint density at radius 1 is 1.15 bits per heavy atom. The number of hydrogen-bond acceptors (Lipinski definition) is 7. The Bertz CT molecular complexity index is 812. The first-order valence-corrected chi connectivity index (χ1v) is 11.1. The molecule has 26 heavy (non-hydrogen) atoms. The lowest BCUT2D eigenvalue weighted by atomic mass is 10.4. The number of nitrogens with one attached hydrogen (secondary N) is 1. The molecule has 0 aromatic carbocycles. The third kappa shape index (κ3) is 4.59. The van der Waals surface area contributed by atoms with Gasteiger partial charge in [0.1, 0.15) is 10.7 Å². The molecule has 1 N–H and O–H groups in total. The van der Waals surface area contributed by atoms with Crippen LogP contribution in [0.2, 0.25) is 0 Å². The number of sulfonamides is 1. The molecular weight excluding hydrogens is 370 g/mol. The van der Waals surface area contributed by atoms with Crippen LogP contribution in [-0.4, -0.2) is 67.4 Å². The number of hydrogen-bond donors (Lipinski definition) is 1. The zero-order chi connectivity index (χ0) is 18.6. The average Bonchev–Trinajstić information content (AvgIpc) is 3.10. The van der Waals surface area contributed by atoms with Gasteiger partial charge in [0, 0.05) is 56.4 Å². The number of anilines is 1. The molecule has 9 heteroatoms. The molecule has 1 aliphatic rings. The Morgan fingerprint density at radius 3 is 2.54 bits per heavy atom. The summed E-state index contributed by atoms with van der Waals surface area (Å²) >= 11 is 1.73. The first kappa shape index (κ1) is 19.2. The SMILES string of the molecule is CCc1cnc(CCNc2ccc(S(=O)(=O)N3CCN(C)CC3)cn2)s1. The van der Waals surface area contributed by atoms with E-state index in [0.29, 0.717) is 25.5 Å². The number of nitrogens with zero attached hydrogens (tertiary/aromatic N) is 4. The van der Waals surface area contributed by atoms with Crippen molar-refractivity contribution in [2.24, 2.45) is 0 Å². The number of aromatic nitrogens is 2. The lowest BCUT2D eigenvalue weighted by Crippen LogP contribution is -2.47. The highest BCUT2D eigenvalue weighted by Crippen LogP contribution is 2.18. The molecule has 7 nitrogen and oxygen atoms in total. The van der Waals surface area contributed by atoms with Crippen molar-refractivity contribution in [3.63, 3.8) is 0 Å². The number of thiazole rings is 1. The quantitative estimate of drug-likeness (QED) is 0.769. The third-order valence-electron chi connectivity index (χ3n) is 4.43. The van der Waals surface area contributed by atoms with Gasteiger partial charge < -0.3 is 10.2 Å². The van der Waals surface area contributed by atoms with E-state index in [2.05, 4.69) is 27.1 Å². The van der Waals surface area contributed by atoms with Gasteiger partial charge in [-0.2, -0.15) is 4.31 Å². The van der Waals surface area contributed by atoms with Crippen LogP contribution in [0.15, 0.2) is 29.4 Å². The van der Waals surface area contributed by atoms with Gasteiger partial charge in [-0.25, -0.2) is 18.4 Å². The number of likely N-dealkylation sites (N-methyl/N-ethyl adjacent to an activating group) is 1. The summed E-state index contributed by atoms with van der Waals surface area (Å²) < 4.78 is 26.9. The van der Waals surface area contributed by atoms with E-state index in [4.69, 9.17) is 0 Å². The van der Waals surface area contributed by atoms with Crippen LogP contribution in [0.3, 0.4) is 0 Å². The van der Waals surface area contributed by atoms with Gasteiger partial charge in [0.25, 0.3) is 0 Å². The number of piperazine rings is 1. The molecule has 0 atom stereocenters. The van der Waals surface area contributed by atoms with Gasteiger partial charge in [0.2, 0.25) is 10.0 Å². The topological polar surface area (TPSA) is 78.4 Å². The fraction of sp³-hybridized carbons (Fsp3) is 0.529. The highest BCUT2D eigenvalue weighted by Gasteiger charge is 2.27.